The molecule has 2 bridgehead atoms. The summed E-state index contributed by atoms with van der Waals surface area (Å²) in [6.07, 6.45) is 3.93. The first-order valence-corrected chi connectivity index (χ1v) is 6.55. The number of hydrogen-bond acceptors (Lipinski definition) is 1. The van der Waals surface area contributed by atoms with Gasteiger partial charge in [-0.3, -0.25) is 4.90 Å². The van der Waals surface area contributed by atoms with Crippen LogP contribution in [0.3, 0.4) is 0 Å². The van der Waals surface area contributed by atoms with E-state index in [4.69, 9.17) is 0 Å². The van der Waals surface area contributed by atoms with Gasteiger partial charge >= 0.3 is 0 Å². The van der Waals surface area contributed by atoms with Crippen molar-refractivity contribution in [2.24, 2.45) is 7.05 Å². The molecule has 1 fully saturated rings. The average Bonchev–Trinajstić information content (AvgIpc) is 2.75. The van der Waals surface area contributed by atoms with Crippen molar-refractivity contribution >= 4 is 10.9 Å². The van der Waals surface area contributed by atoms with Crippen LogP contribution >= 0.6 is 0 Å². The van der Waals surface area contributed by atoms with Gasteiger partial charge in [0.25, 0.3) is 0 Å². The predicted molar refractivity (Wildman–Crippen MR) is 70.1 cm³/mol. The van der Waals surface area contributed by atoms with Gasteiger partial charge < -0.3 is 4.57 Å². The third kappa shape index (κ3) is 1.09. The van der Waals surface area contributed by atoms with E-state index >= 15 is 0 Å². The number of nitrogens with zero attached hydrogens (tertiary/aromatic N) is 2. The number of aromatic nitrogens is 1. The maximum Gasteiger partial charge on any atom is 0.0483 e. The molecule has 2 aliphatic rings. The zero-order valence-electron chi connectivity index (χ0n) is 10.5. The van der Waals surface area contributed by atoms with E-state index in [1.165, 1.54) is 30.2 Å². The average molecular weight is 226 g/mol. The molecular weight excluding hydrogens is 208 g/mol. The first-order valence-electron chi connectivity index (χ1n) is 6.55. The Bertz CT molecular complexity index is 596. The Morgan fingerprint density at radius 2 is 1.94 bits per heavy atom. The molecule has 0 amide bonds. The van der Waals surface area contributed by atoms with Crippen LogP contribution in [0.4, 0.5) is 0 Å². The van der Waals surface area contributed by atoms with Crippen LogP contribution in [-0.4, -0.2) is 22.6 Å². The molecule has 2 nitrogen and oxygen atoms in total. The first kappa shape index (κ1) is 9.72. The molecule has 0 radical (unpaired) electrons. The van der Waals surface area contributed by atoms with Gasteiger partial charge in [0.15, 0.2) is 0 Å². The molecular formula is C15H18N2. The van der Waals surface area contributed by atoms with Gasteiger partial charge in [-0.1, -0.05) is 18.2 Å². The third-order valence-electron chi connectivity index (χ3n) is 4.87. The minimum absolute atomic E-state index is 0.662. The SMILES string of the molecule is CN1C2CCC1c1c(n(C)c3ccccc13)C2. The normalized spacial score (nSPS) is 27.6. The van der Waals surface area contributed by atoms with Gasteiger partial charge in [-0.15, -0.1) is 0 Å². The van der Waals surface area contributed by atoms with Crippen molar-refractivity contribution < 1.29 is 0 Å². The van der Waals surface area contributed by atoms with Crippen molar-refractivity contribution in [2.75, 3.05) is 7.05 Å². The van der Waals surface area contributed by atoms with Crippen molar-refractivity contribution in [1.82, 2.24) is 9.47 Å². The molecule has 1 aromatic carbocycles. The van der Waals surface area contributed by atoms with Gasteiger partial charge in [-0.05, 0) is 31.5 Å². The molecule has 0 N–H and O–H groups in total. The molecule has 2 unspecified atom stereocenters. The molecule has 0 saturated carbocycles. The van der Waals surface area contributed by atoms with E-state index < -0.39 is 0 Å². The summed E-state index contributed by atoms with van der Waals surface area (Å²) >= 11 is 0. The first-order chi connectivity index (χ1) is 8.27. The van der Waals surface area contributed by atoms with Gasteiger partial charge in [0.05, 0.1) is 0 Å². The Balaban J connectivity index is 2.08. The number of benzene rings is 1. The van der Waals surface area contributed by atoms with Crippen molar-refractivity contribution in [3.05, 3.63) is 35.5 Å². The molecule has 17 heavy (non-hydrogen) atoms. The molecule has 2 aliphatic heterocycles. The van der Waals surface area contributed by atoms with Gasteiger partial charge in [-0.2, -0.15) is 0 Å². The van der Waals surface area contributed by atoms with E-state index in [2.05, 4.69) is 47.8 Å². The molecule has 2 aromatic rings. The second-order valence-corrected chi connectivity index (χ2v) is 5.55. The van der Waals surface area contributed by atoms with Crippen LogP contribution in [0.25, 0.3) is 10.9 Å². The molecule has 88 valence electrons. The van der Waals surface area contributed by atoms with E-state index in [1.807, 2.05) is 0 Å². The summed E-state index contributed by atoms with van der Waals surface area (Å²) in [4.78, 5) is 2.59. The van der Waals surface area contributed by atoms with Crippen molar-refractivity contribution in [2.45, 2.75) is 31.3 Å². The lowest BCUT2D eigenvalue weighted by Gasteiger charge is -2.32. The Morgan fingerprint density at radius 1 is 1.12 bits per heavy atom. The number of rotatable bonds is 0. The summed E-state index contributed by atoms with van der Waals surface area (Å²) in [5.41, 5.74) is 4.59. The smallest absolute Gasteiger partial charge is 0.0483 e. The second-order valence-electron chi connectivity index (χ2n) is 5.55. The Kier molecular flexibility index (Phi) is 1.79. The zero-order chi connectivity index (χ0) is 11.6. The van der Waals surface area contributed by atoms with Crippen LogP contribution in [0.5, 0.6) is 0 Å². The molecule has 1 saturated heterocycles. The predicted octanol–water partition coefficient (Wildman–Crippen LogP) is 2.87. The molecule has 2 atom stereocenters. The quantitative estimate of drug-likeness (QED) is 0.670. The highest BCUT2D eigenvalue weighted by Gasteiger charge is 2.40. The number of hydrogen-bond donors (Lipinski definition) is 0. The van der Waals surface area contributed by atoms with Gasteiger partial charge in [-0.25, -0.2) is 0 Å². The summed E-state index contributed by atoms with van der Waals surface area (Å²) in [7, 11) is 4.53. The highest BCUT2D eigenvalue weighted by molar-refractivity contribution is 5.86. The van der Waals surface area contributed by atoms with Crippen LogP contribution < -0.4 is 0 Å². The van der Waals surface area contributed by atoms with Crippen LogP contribution in [0.15, 0.2) is 24.3 Å². The lowest BCUT2D eigenvalue weighted by molar-refractivity contribution is 0.222. The van der Waals surface area contributed by atoms with E-state index in [9.17, 15) is 0 Å². The Hall–Kier alpha value is -1.28. The second kappa shape index (κ2) is 3.14. The molecule has 3 heterocycles. The standard InChI is InChI=1S/C15H18N2/c1-16-10-7-8-13(16)15-11-5-3-4-6-12(11)17(2)14(15)9-10/h3-6,10,13H,7-9H2,1-2H3. The highest BCUT2D eigenvalue weighted by Crippen LogP contribution is 2.46. The molecule has 2 heteroatoms. The fourth-order valence-corrected chi connectivity index (χ4v) is 3.92. The Labute approximate surface area is 102 Å². The third-order valence-corrected chi connectivity index (χ3v) is 4.87. The van der Waals surface area contributed by atoms with Crippen LogP contribution in [0, 0.1) is 0 Å². The summed E-state index contributed by atoms with van der Waals surface area (Å²) in [6, 6.07) is 10.3. The summed E-state index contributed by atoms with van der Waals surface area (Å²) < 4.78 is 2.42. The van der Waals surface area contributed by atoms with Crippen LogP contribution in [0.1, 0.15) is 30.1 Å². The number of aryl methyl sites for hydroxylation is 1. The molecule has 4 rings (SSSR count). The number of para-hydroxylation sites is 1. The fourth-order valence-electron chi connectivity index (χ4n) is 3.92. The van der Waals surface area contributed by atoms with E-state index in [-0.39, 0.29) is 0 Å². The van der Waals surface area contributed by atoms with Gasteiger partial charge in [0, 0.05) is 42.1 Å². The van der Waals surface area contributed by atoms with E-state index in [0.29, 0.717) is 6.04 Å². The number of likely N-dealkylation sites (N-methyl/N-ethyl adjacent to an activating group) is 1. The fraction of sp³-hybridized carbons (Fsp3) is 0.467. The molecule has 1 aromatic heterocycles. The molecule has 0 aliphatic carbocycles. The summed E-state index contributed by atoms with van der Waals surface area (Å²) in [5.74, 6) is 0. The zero-order valence-corrected chi connectivity index (χ0v) is 10.5. The van der Waals surface area contributed by atoms with Gasteiger partial charge in [0.1, 0.15) is 0 Å². The maximum atomic E-state index is 2.59. The Morgan fingerprint density at radius 3 is 2.82 bits per heavy atom. The topological polar surface area (TPSA) is 8.17 Å². The van der Waals surface area contributed by atoms with E-state index in [0.717, 1.165) is 6.04 Å². The number of fused-ring (bicyclic) bond motifs is 6. The minimum Gasteiger partial charge on any atom is -0.347 e. The lowest BCUT2D eigenvalue weighted by Crippen LogP contribution is -2.34. The lowest BCUT2D eigenvalue weighted by atomic mass is 9.97. The van der Waals surface area contributed by atoms with E-state index in [1.54, 1.807) is 11.3 Å². The monoisotopic (exact) mass is 226 g/mol. The van der Waals surface area contributed by atoms with Gasteiger partial charge in [0.2, 0.25) is 0 Å². The highest BCUT2D eigenvalue weighted by atomic mass is 15.2. The van der Waals surface area contributed by atoms with Crippen molar-refractivity contribution in [1.29, 1.82) is 0 Å². The van der Waals surface area contributed by atoms with Crippen molar-refractivity contribution in [3.63, 3.8) is 0 Å². The van der Waals surface area contributed by atoms with Crippen LogP contribution in [-0.2, 0) is 13.5 Å². The largest absolute Gasteiger partial charge is 0.347 e. The minimum atomic E-state index is 0.662. The van der Waals surface area contributed by atoms with Crippen LogP contribution in [0.2, 0.25) is 0 Å². The summed E-state index contributed by atoms with van der Waals surface area (Å²) in [5, 5.41) is 1.47. The van der Waals surface area contributed by atoms with Crippen molar-refractivity contribution in [3.8, 4) is 0 Å². The summed E-state index contributed by atoms with van der Waals surface area (Å²) in [6.45, 7) is 0. The molecule has 0 spiro atoms. The maximum absolute atomic E-state index is 2.59.